The van der Waals surface area contributed by atoms with Crippen molar-refractivity contribution < 1.29 is 0 Å². The topological polar surface area (TPSA) is 15.3 Å². The molecule has 1 aromatic rings. The number of anilines is 2. The van der Waals surface area contributed by atoms with Crippen LogP contribution >= 0.6 is 15.9 Å². The molecule has 90 valence electrons. The first-order valence-electron chi connectivity index (χ1n) is 5.78. The number of rotatable bonds is 5. The summed E-state index contributed by atoms with van der Waals surface area (Å²) in [5.41, 5.74) is 2.42. The van der Waals surface area contributed by atoms with E-state index in [4.69, 9.17) is 0 Å². The average Bonchev–Trinajstić information content (AvgIpc) is 2.17. The van der Waals surface area contributed by atoms with Crippen LogP contribution in [-0.2, 0) is 0 Å². The van der Waals surface area contributed by atoms with E-state index in [0.717, 1.165) is 4.47 Å². The summed E-state index contributed by atoms with van der Waals surface area (Å²) in [5, 5.41) is 3.56. The van der Waals surface area contributed by atoms with Gasteiger partial charge in [0.2, 0.25) is 0 Å². The second-order valence-electron chi connectivity index (χ2n) is 4.39. The summed E-state index contributed by atoms with van der Waals surface area (Å²) in [5.74, 6) is 0. The minimum absolute atomic E-state index is 0.512. The summed E-state index contributed by atoms with van der Waals surface area (Å²) in [6.45, 7) is 4.44. The van der Waals surface area contributed by atoms with Crippen molar-refractivity contribution >= 4 is 27.3 Å². The van der Waals surface area contributed by atoms with E-state index >= 15 is 0 Å². The van der Waals surface area contributed by atoms with Crippen molar-refractivity contribution in [2.24, 2.45) is 0 Å². The van der Waals surface area contributed by atoms with Crippen molar-refractivity contribution in [1.82, 2.24) is 0 Å². The van der Waals surface area contributed by atoms with Gasteiger partial charge in [-0.3, -0.25) is 0 Å². The Morgan fingerprint density at radius 3 is 2.62 bits per heavy atom. The van der Waals surface area contributed by atoms with Gasteiger partial charge in [-0.15, -0.1) is 0 Å². The van der Waals surface area contributed by atoms with E-state index in [0.29, 0.717) is 6.04 Å². The quantitative estimate of drug-likeness (QED) is 0.875. The van der Waals surface area contributed by atoms with Crippen LogP contribution in [0.2, 0.25) is 0 Å². The van der Waals surface area contributed by atoms with E-state index in [9.17, 15) is 0 Å². The Morgan fingerprint density at radius 1 is 1.38 bits per heavy atom. The number of hydrogen-bond acceptors (Lipinski definition) is 2. The predicted molar refractivity (Wildman–Crippen MR) is 76.5 cm³/mol. The van der Waals surface area contributed by atoms with Crippen LogP contribution < -0.4 is 10.2 Å². The fourth-order valence-electron chi connectivity index (χ4n) is 1.78. The van der Waals surface area contributed by atoms with Crippen LogP contribution in [-0.4, -0.2) is 20.1 Å². The predicted octanol–water partition coefficient (Wildman–Crippen LogP) is 4.12. The van der Waals surface area contributed by atoms with E-state index in [1.807, 2.05) is 0 Å². The Balaban J connectivity index is 2.87. The highest BCUT2D eigenvalue weighted by Gasteiger charge is 2.07. The first-order valence-corrected chi connectivity index (χ1v) is 6.57. The molecule has 1 rings (SSSR count). The summed E-state index contributed by atoms with van der Waals surface area (Å²) in [7, 11) is 4.14. The van der Waals surface area contributed by atoms with E-state index in [1.54, 1.807) is 0 Å². The first kappa shape index (κ1) is 13.4. The number of nitrogens with zero attached hydrogens (tertiary/aromatic N) is 1. The summed E-state index contributed by atoms with van der Waals surface area (Å²) in [4.78, 5) is 2.13. The van der Waals surface area contributed by atoms with Gasteiger partial charge in [0.25, 0.3) is 0 Å². The molecule has 0 radical (unpaired) electrons. The van der Waals surface area contributed by atoms with Crippen molar-refractivity contribution in [2.75, 3.05) is 24.3 Å². The first-order chi connectivity index (χ1) is 7.54. The van der Waals surface area contributed by atoms with Crippen molar-refractivity contribution in [3.63, 3.8) is 0 Å². The highest BCUT2D eigenvalue weighted by Crippen LogP contribution is 2.28. The lowest BCUT2D eigenvalue weighted by molar-refractivity contribution is 0.690. The van der Waals surface area contributed by atoms with Gasteiger partial charge in [-0.05, 0) is 31.5 Å². The third kappa shape index (κ3) is 3.71. The van der Waals surface area contributed by atoms with Gasteiger partial charge in [-0.1, -0.05) is 29.3 Å². The van der Waals surface area contributed by atoms with E-state index < -0.39 is 0 Å². The molecule has 2 nitrogen and oxygen atoms in total. The van der Waals surface area contributed by atoms with Crippen LogP contribution in [0, 0.1) is 0 Å². The lowest BCUT2D eigenvalue weighted by Gasteiger charge is -2.22. The maximum atomic E-state index is 3.56. The molecule has 16 heavy (non-hydrogen) atoms. The zero-order valence-corrected chi connectivity index (χ0v) is 12.1. The second-order valence-corrected chi connectivity index (χ2v) is 5.31. The molecule has 0 aliphatic heterocycles. The second kappa shape index (κ2) is 6.14. The molecule has 0 bridgehead atoms. The molecular weight excluding hydrogens is 264 g/mol. The Labute approximate surface area is 107 Å². The minimum Gasteiger partial charge on any atom is -0.381 e. The monoisotopic (exact) mass is 284 g/mol. The molecule has 0 spiro atoms. The standard InChI is InChI=1S/C13H21BrN2/c1-5-6-10(2)15-12-9-11(14)7-8-13(12)16(3)4/h7-10,15H,5-6H2,1-4H3. The zero-order valence-electron chi connectivity index (χ0n) is 10.5. The van der Waals surface area contributed by atoms with Crippen molar-refractivity contribution in [2.45, 2.75) is 32.7 Å². The Bertz CT molecular complexity index is 337. The summed E-state index contributed by atoms with van der Waals surface area (Å²) < 4.78 is 1.12. The van der Waals surface area contributed by atoms with Crippen molar-refractivity contribution in [3.05, 3.63) is 22.7 Å². The Morgan fingerprint density at radius 2 is 2.06 bits per heavy atom. The highest BCUT2D eigenvalue weighted by molar-refractivity contribution is 9.10. The van der Waals surface area contributed by atoms with Crippen LogP contribution in [0.5, 0.6) is 0 Å². The molecule has 1 atom stereocenters. The fourth-order valence-corrected chi connectivity index (χ4v) is 2.15. The molecule has 1 N–H and O–H groups in total. The third-order valence-corrected chi connectivity index (χ3v) is 3.06. The van der Waals surface area contributed by atoms with Gasteiger partial charge >= 0.3 is 0 Å². The summed E-state index contributed by atoms with van der Waals surface area (Å²) in [6.07, 6.45) is 2.40. The van der Waals surface area contributed by atoms with Crippen LogP contribution in [0.3, 0.4) is 0 Å². The molecule has 0 aromatic heterocycles. The molecule has 0 amide bonds. The van der Waals surface area contributed by atoms with Crippen LogP contribution in [0.1, 0.15) is 26.7 Å². The Kier molecular flexibility index (Phi) is 5.13. The Hall–Kier alpha value is -0.700. The van der Waals surface area contributed by atoms with E-state index in [1.165, 1.54) is 24.2 Å². The maximum absolute atomic E-state index is 3.56. The van der Waals surface area contributed by atoms with E-state index in [2.05, 4.69) is 72.3 Å². The van der Waals surface area contributed by atoms with Gasteiger partial charge in [-0.25, -0.2) is 0 Å². The lowest BCUT2D eigenvalue weighted by Crippen LogP contribution is -2.18. The number of hydrogen-bond donors (Lipinski definition) is 1. The van der Waals surface area contributed by atoms with Crippen LogP contribution in [0.4, 0.5) is 11.4 Å². The third-order valence-electron chi connectivity index (χ3n) is 2.56. The molecule has 0 saturated carbocycles. The van der Waals surface area contributed by atoms with Gasteiger partial charge in [0.15, 0.2) is 0 Å². The molecular formula is C13H21BrN2. The fraction of sp³-hybridized carbons (Fsp3) is 0.538. The molecule has 0 saturated heterocycles. The number of halogens is 1. The van der Waals surface area contributed by atoms with Gasteiger partial charge in [-0.2, -0.15) is 0 Å². The van der Waals surface area contributed by atoms with Gasteiger partial charge in [0.05, 0.1) is 11.4 Å². The van der Waals surface area contributed by atoms with Gasteiger partial charge < -0.3 is 10.2 Å². The average molecular weight is 285 g/mol. The molecule has 3 heteroatoms. The number of nitrogens with one attached hydrogen (secondary N) is 1. The van der Waals surface area contributed by atoms with Gasteiger partial charge in [0, 0.05) is 24.6 Å². The van der Waals surface area contributed by atoms with Crippen molar-refractivity contribution in [3.8, 4) is 0 Å². The maximum Gasteiger partial charge on any atom is 0.0597 e. The van der Waals surface area contributed by atoms with Crippen molar-refractivity contribution in [1.29, 1.82) is 0 Å². The highest BCUT2D eigenvalue weighted by atomic mass is 79.9. The largest absolute Gasteiger partial charge is 0.381 e. The molecule has 0 aliphatic rings. The van der Waals surface area contributed by atoms with Crippen LogP contribution in [0.25, 0.3) is 0 Å². The lowest BCUT2D eigenvalue weighted by atomic mass is 10.1. The summed E-state index contributed by atoms with van der Waals surface area (Å²) >= 11 is 3.52. The van der Waals surface area contributed by atoms with Crippen LogP contribution in [0.15, 0.2) is 22.7 Å². The number of benzene rings is 1. The molecule has 0 aliphatic carbocycles. The molecule has 1 unspecified atom stereocenters. The van der Waals surface area contributed by atoms with E-state index in [-0.39, 0.29) is 0 Å². The minimum atomic E-state index is 0.512. The van der Waals surface area contributed by atoms with Gasteiger partial charge in [0.1, 0.15) is 0 Å². The zero-order chi connectivity index (χ0) is 12.1. The SMILES string of the molecule is CCCC(C)Nc1cc(Br)ccc1N(C)C. The summed E-state index contributed by atoms with van der Waals surface area (Å²) in [6, 6.07) is 6.86. The molecule has 0 heterocycles. The molecule has 0 fully saturated rings. The normalized spacial score (nSPS) is 12.3. The smallest absolute Gasteiger partial charge is 0.0597 e. The molecule has 1 aromatic carbocycles.